The van der Waals surface area contributed by atoms with Crippen LogP contribution in [0.15, 0.2) is 9.85 Å². The summed E-state index contributed by atoms with van der Waals surface area (Å²) < 4.78 is 38.3. The van der Waals surface area contributed by atoms with E-state index in [1.54, 1.807) is 0 Å². The first kappa shape index (κ1) is 15.0. The van der Waals surface area contributed by atoms with Crippen LogP contribution in [0, 0.1) is 6.92 Å². The van der Waals surface area contributed by atoms with E-state index in [9.17, 15) is 13.2 Å². The minimum absolute atomic E-state index is 0.593. The Morgan fingerprint density at radius 2 is 2.12 bits per heavy atom. The molecular formula is C11H15BrF3NS. The van der Waals surface area contributed by atoms with E-state index < -0.39 is 18.6 Å². The van der Waals surface area contributed by atoms with Gasteiger partial charge in [-0.2, -0.15) is 13.2 Å². The van der Waals surface area contributed by atoms with Gasteiger partial charge in [-0.15, -0.1) is 11.3 Å². The molecule has 1 unspecified atom stereocenters. The Kier molecular flexibility index (Phi) is 5.47. The minimum Gasteiger partial charge on any atom is -0.309 e. The highest BCUT2D eigenvalue weighted by atomic mass is 79.9. The molecule has 0 saturated heterocycles. The molecule has 0 aliphatic heterocycles. The molecule has 1 aromatic rings. The lowest BCUT2D eigenvalue weighted by atomic mass is 10.1. The molecule has 0 aliphatic carbocycles. The lowest BCUT2D eigenvalue weighted by Crippen LogP contribution is -2.26. The van der Waals surface area contributed by atoms with E-state index in [1.165, 1.54) is 11.3 Å². The van der Waals surface area contributed by atoms with Crippen molar-refractivity contribution < 1.29 is 13.2 Å². The third-order valence-corrected chi connectivity index (χ3v) is 4.55. The van der Waals surface area contributed by atoms with Gasteiger partial charge in [-0.3, -0.25) is 0 Å². The predicted octanol–water partition coefficient (Wildman–Crippen LogP) is 4.81. The average molecular weight is 330 g/mol. The van der Waals surface area contributed by atoms with E-state index in [4.69, 9.17) is 0 Å². The van der Waals surface area contributed by atoms with Crippen molar-refractivity contribution >= 4 is 27.3 Å². The summed E-state index contributed by atoms with van der Waals surface area (Å²) in [5, 5.41) is 2.95. The Morgan fingerprint density at radius 3 is 2.53 bits per heavy atom. The number of hydrogen-bond donors (Lipinski definition) is 1. The molecule has 0 spiro atoms. The van der Waals surface area contributed by atoms with Crippen molar-refractivity contribution in [3.8, 4) is 0 Å². The van der Waals surface area contributed by atoms with Crippen molar-refractivity contribution in [3.63, 3.8) is 0 Å². The largest absolute Gasteiger partial charge is 0.390 e. The Hall–Kier alpha value is -0.0700. The van der Waals surface area contributed by atoms with Crippen LogP contribution >= 0.6 is 27.3 Å². The maximum atomic E-state index is 12.5. The standard InChI is InChI=1S/C11H15BrF3NS/c1-3-4-16-8(6-11(13,14)15)9-5-7(2)10(12)17-9/h5,8,16H,3-4,6H2,1-2H3. The molecule has 1 N–H and O–H groups in total. The van der Waals surface area contributed by atoms with Crippen molar-refractivity contribution in [2.75, 3.05) is 6.54 Å². The van der Waals surface area contributed by atoms with Gasteiger partial charge in [0.1, 0.15) is 0 Å². The van der Waals surface area contributed by atoms with Crippen molar-refractivity contribution in [3.05, 3.63) is 20.3 Å². The van der Waals surface area contributed by atoms with Crippen LogP contribution in [0.2, 0.25) is 0 Å². The molecule has 17 heavy (non-hydrogen) atoms. The second kappa shape index (κ2) is 6.20. The third-order valence-electron chi connectivity index (χ3n) is 2.30. The number of thiophene rings is 1. The summed E-state index contributed by atoms with van der Waals surface area (Å²) >= 11 is 4.71. The Labute approximate surface area is 112 Å². The molecule has 0 fully saturated rings. The Bertz CT molecular complexity index is 343. The first-order chi connectivity index (χ1) is 7.83. The third kappa shape index (κ3) is 4.97. The monoisotopic (exact) mass is 329 g/mol. The van der Waals surface area contributed by atoms with Crippen LogP contribution in [0.3, 0.4) is 0 Å². The Morgan fingerprint density at radius 1 is 1.47 bits per heavy atom. The molecule has 0 saturated carbocycles. The second-order valence-corrected chi connectivity index (χ2v) is 6.33. The molecular weight excluding hydrogens is 315 g/mol. The van der Waals surface area contributed by atoms with Gasteiger partial charge in [0, 0.05) is 4.88 Å². The lowest BCUT2D eigenvalue weighted by molar-refractivity contribution is -0.140. The van der Waals surface area contributed by atoms with Crippen LogP contribution < -0.4 is 5.32 Å². The molecule has 0 aromatic carbocycles. The van der Waals surface area contributed by atoms with Gasteiger partial charge in [0.05, 0.1) is 16.2 Å². The average Bonchev–Trinajstić information content (AvgIpc) is 2.52. The molecule has 1 heterocycles. The van der Waals surface area contributed by atoms with Crippen molar-refractivity contribution in [2.45, 2.75) is 38.9 Å². The molecule has 1 rings (SSSR count). The molecule has 0 amide bonds. The van der Waals surface area contributed by atoms with Gasteiger partial charge in [0.25, 0.3) is 0 Å². The zero-order valence-electron chi connectivity index (χ0n) is 9.70. The number of rotatable bonds is 5. The van der Waals surface area contributed by atoms with E-state index in [1.807, 2.05) is 19.9 Å². The Balaban J connectivity index is 2.81. The summed E-state index contributed by atoms with van der Waals surface area (Å²) in [6, 6.07) is 1.18. The molecule has 1 nitrogen and oxygen atoms in total. The first-order valence-electron chi connectivity index (χ1n) is 5.39. The fourth-order valence-corrected chi connectivity index (χ4v) is 3.13. The lowest BCUT2D eigenvalue weighted by Gasteiger charge is -2.18. The van der Waals surface area contributed by atoms with Gasteiger partial charge in [-0.25, -0.2) is 0 Å². The number of alkyl halides is 3. The molecule has 0 bridgehead atoms. The van der Waals surface area contributed by atoms with Crippen molar-refractivity contribution in [2.24, 2.45) is 0 Å². The van der Waals surface area contributed by atoms with Gasteiger partial charge < -0.3 is 5.32 Å². The van der Waals surface area contributed by atoms with Crippen LogP contribution in [-0.2, 0) is 0 Å². The van der Waals surface area contributed by atoms with E-state index >= 15 is 0 Å². The van der Waals surface area contributed by atoms with Crippen LogP contribution in [0.4, 0.5) is 13.2 Å². The molecule has 1 aromatic heterocycles. The molecule has 0 radical (unpaired) electrons. The SMILES string of the molecule is CCCNC(CC(F)(F)F)c1cc(C)c(Br)s1. The van der Waals surface area contributed by atoms with Crippen LogP contribution in [-0.4, -0.2) is 12.7 Å². The second-order valence-electron chi connectivity index (χ2n) is 3.93. The summed E-state index contributed by atoms with van der Waals surface area (Å²) in [6.07, 6.45) is -4.14. The predicted molar refractivity (Wildman–Crippen MR) is 68.5 cm³/mol. The van der Waals surface area contributed by atoms with Gasteiger partial charge in [-0.05, 0) is 47.4 Å². The highest BCUT2D eigenvalue weighted by molar-refractivity contribution is 9.11. The van der Waals surface area contributed by atoms with E-state index in [0.29, 0.717) is 6.54 Å². The maximum Gasteiger partial charge on any atom is 0.390 e. The fraction of sp³-hybridized carbons (Fsp3) is 0.636. The fourth-order valence-electron chi connectivity index (χ4n) is 1.48. The van der Waals surface area contributed by atoms with Crippen molar-refractivity contribution in [1.29, 1.82) is 0 Å². The number of aryl methyl sites for hydroxylation is 1. The van der Waals surface area contributed by atoms with Gasteiger partial charge in [0.2, 0.25) is 0 Å². The quantitative estimate of drug-likeness (QED) is 0.817. The van der Waals surface area contributed by atoms with Crippen LogP contribution in [0.5, 0.6) is 0 Å². The zero-order chi connectivity index (χ0) is 13.1. The van der Waals surface area contributed by atoms with Gasteiger partial charge in [-0.1, -0.05) is 6.92 Å². The molecule has 98 valence electrons. The molecule has 6 heteroatoms. The van der Waals surface area contributed by atoms with Crippen LogP contribution in [0.1, 0.15) is 36.2 Å². The number of nitrogens with one attached hydrogen (secondary N) is 1. The number of hydrogen-bond acceptors (Lipinski definition) is 2. The topological polar surface area (TPSA) is 12.0 Å². The molecule has 1 atom stereocenters. The van der Waals surface area contributed by atoms with E-state index in [2.05, 4.69) is 21.2 Å². The highest BCUT2D eigenvalue weighted by Gasteiger charge is 2.33. The maximum absolute atomic E-state index is 12.5. The van der Waals surface area contributed by atoms with Gasteiger partial charge in [0.15, 0.2) is 0 Å². The first-order valence-corrected chi connectivity index (χ1v) is 7.00. The normalized spacial score (nSPS) is 14.0. The van der Waals surface area contributed by atoms with E-state index in [0.717, 1.165) is 20.6 Å². The smallest absolute Gasteiger partial charge is 0.309 e. The summed E-state index contributed by atoms with van der Waals surface area (Å²) in [6.45, 7) is 4.41. The summed E-state index contributed by atoms with van der Waals surface area (Å²) in [5.41, 5.74) is 0.982. The summed E-state index contributed by atoms with van der Waals surface area (Å²) in [5.74, 6) is 0. The highest BCUT2D eigenvalue weighted by Crippen LogP contribution is 2.36. The molecule has 0 aliphatic rings. The van der Waals surface area contributed by atoms with Crippen molar-refractivity contribution in [1.82, 2.24) is 5.32 Å². The minimum atomic E-state index is -4.14. The van der Waals surface area contributed by atoms with Gasteiger partial charge >= 0.3 is 6.18 Å². The van der Waals surface area contributed by atoms with Crippen LogP contribution in [0.25, 0.3) is 0 Å². The zero-order valence-corrected chi connectivity index (χ0v) is 12.1. The summed E-state index contributed by atoms with van der Waals surface area (Å²) in [4.78, 5) is 0.736. The van der Waals surface area contributed by atoms with E-state index in [-0.39, 0.29) is 0 Å². The number of halogens is 4. The summed E-state index contributed by atoms with van der Waals surface area (Å²) in [7, 11) is 0.